The maximum atomic E-state index is 10.2. The molecule has 0 spiro atoms. The summed E-state index contributed by atoms with van der Waals surface area (Å²) in [7, 11) is 0. The molecule has 8 nitrogen and oxygen atoms in total. The minimum absolute atomic E-state index is 0.0632. The van der Waals surface area contributed by atoms with E-state index in [1.807, 2.05) is 0 Å². The Morgan fingerprint density at radius 3 is 2.11 bits per heavy atom. The molecule has 100 valence electrons. The smallest absolute Gasteiger partial charge is 0.303 e. The number of primary amides is 1. The van der Waals surface area contributed by atoms with Gasteiger partial charge in [0, 0.05) is 25.2 Å². The van der Waals surface area contributed by atoms with Gasteiger partial charge in [-0.1, -0.05) is 0 Å². The lowest BCUT2D eigenvalue weighted by Gasteiger charge is -1.89. The first-order valence-corrected chi connectivity index (χ1v) is 5.12. The van der Waals surface area contributed by atoms with Crippen molar-refractivity contribution in [3.63, 3.8) is 0 Å². The van der Waals surface area contributed by atoms with Crippen LogP contribution >= 0.6 is 0 Å². The van der Waals surface area contributed by atoms with Crippen LogP contribution in [0.15, 0.2) is 12.4 Å². The normalized spacial score (nSPS) is 9.11. The number of aromatic amines is 1. The van der Waals surface area contributed by atoms with Gasteiger partial charge in [-0.05, 0) is 6.42 Å². The van der Waals surface area contributed by atoms with Crippen LogP contribution in [-0.4, -0.2) is 38.0 Å². The molecule has 0 radical (unpaired) electrons. The molecular formula is C10H15N3O5. The summed E-state index contributed by atoms with van der Waals surface area (Å²) in [6.45, 7) is 0. The van der Waals surface area contributed by atoms with Crippen LogP contribution in [0.1, 0.15) is 25.1 Å². The quantitative estimate of drug-likeness (QED) is 0.553. The summed E-state index contributed by atoms with van der Waals surface area (Å²) < 4.78 is 0. The monoisotopic (exact) mass is 257 g/mol. The molecule has 0 saturated heterocycles. The first-order valence-electron chi connectivity index (χ1n) is 5.12. The summed E-state index contributed by atoms with van der Waals surface area (Å²) in [4.78, 5) is 36.4. The Morgan fingerprint density at radius 1 is 1.22 bits per heavy atom. The first kappa shape index (κ1) is 15.6. The number of carboxylic acid groups (broad SMARTS) is 2. The Morgan fingerprint density at radius 2 is 1.78 bits per heavy atom. The van der Waals surface area contributed by atoms with E-state index in [2.05, 4.69) is 9.97 Å². The molecule has 0 fully saturated rings. The zero-order chi connectivity index (χ0) is 14.0. The number of nitrogens with one attached hydrogen (secondary N) is 1. The van der Waals surface area contributed by atoms with E-state index in [4.69, 9.17) is 15.9 Å². The largest absolute Gasteiger partial charge is 0.481 e. The number of nitrogens with two attached hydrogens (primary N) is 1. The second kappa shape index (κ2) is 8.74. The van der Waals surface area contributed by atoms with Gasteiger partial charge in [0.05, 0.1) is 6.42 Å². The van der Waals surface area contributed by atoms with Crippen LogP contribution in [0.3, 0.4) is 0 Å². The van der Waals surface area contributed by atoms with E-state index in [0.29, 0.717) is 5.82 Å². The fourth-order valence-electron chi connectivity index (χ4n) is 0.951. The van der Waals surface area contributed by atoms with E-state index in [0.717, 1.165) is 0 Å². The lowest BCUT2D eigenvalue weighted by atomic mass is 10.2. The number of aliphatic carboxylic acids is 2. The van der Waals surface area contributed by atoms with Crippen molar-refractivity contribution < 1.29 is 24.6 Å². The van der Waals surface area contributed by atoms with Gasteiger partial charge in [-0.3, -0.25) is 14.4 Å². The van der Waals surface area contributed by atoms with Crippen molar-refractivity contribution in [2.24, 2.45) is 5.73 Å². The predicted octanol–water partition coefficient (Wildman–Crippen LogP) is -0.237. The van der Waals surface area contributed by atoms with Crippen LogP contribution in [-0.2, 0) is 20.8 Å². The summed E-state index contributed by atoms with van der Waals surface area (Å²) in [6.07, 6.45) is 3.51. The molecule has 1 aromatic rings. The van der Waals surface area contributed by atoms with Gasteiger partial charge >= 0.3 is 11.9 Å². The highest BCUT2D eigenvalue weighted by Gasteiger charge is 1.99. The molecule has 1 rings (SSSR count). The lowest BCUT2D eigenvalue weighted by molar-refractivity contribution is -0.138. The van der Waals surface area contributed by atoms with Crippen LogP contribution in [0.2, 0.25) is 0 Å². The fourth-order valence-corrected chi connectivity index (χ4v) is 0.951. The van der Waals surface area contributed by atoms with Gasteiger partial charge in [0.1, 0.15) is 5.82 Å². The number of nitrogens with zero attached hydrogens (tertiary/aromatic N) is 1. The molecule has 0 atom stereocenters. The number of carbonyl (C=O) groups excluding carboxylic acids is 1. The van der Waals surface area contributed by atoms with Gasteiger partial charge in [-0.25, -0.2) is 4.98 Å². The summed E-state index contributed by atoms with van der Waals surface area (Å²) >= 11 is 0. The van der Waals surface area contributed by atoms with Gasteiger partial charge in [-0.15, -0.1) is 0 Å². The average molecular weight is 257 g/mol. The van der Waals surface area contributed by atoms with E-state index in [1.165, 1.54) is 0 Å². The van der Waals surface area contributed by atoms with E-state index < -0.39 is 11.9 Å². The molecule has 0 bridgehead atoms. The summed E-state index contributed by atoms with van der Waals surface area (Å²) in [5.74, 6) is -1.65. The van der Waals surface area contributed by atoms with Crippen molar-refractivity contribution in [3.8, 4) is 0 Å². The molecule has 0 aliphatic carbocycles. The number of hydrogen-bond acceptors (Lipinski definition) is 4. The van der Waals surface area contributed by atoms with E-state index in [1.54, 1.807) is 12.4 Å². The highest BCUT2D eigenvalue weighted by atomic mass is 16.4. The molecule has 1 amide bonds. The fraction of sp³-hybridized carbons (Fsp3) is 0.400. The SMILES string of the molecule is NC(=O)Cc1ncc[nH]1.O=C(O)CCCC(=O)O. The number of carbonyl (C=O) groups is 3. The number of hydrogen-bond donors (Lipinski definition) is 4. The third-order valence-corrected chi connectivity index (χ3v) is 1.68. The molecule has 0 unspecified atom stereocenters. The molecule has 1 aromatic heterocycles. The second-order valence-electron chi connectivity index (χ2n) is 3.32. The molecule has 8 heteroatoms. The molecule has 0 saturated carbocycles. The van der Waals surface area contributed by atoms with Gasteiger partial charge in [0.2, 0.25) is 5.91 Å². The molecule has 1 heterocycles. The Hall–Kier alpha value is -2.38. The highest BCUT2D eigenvalue weighted by molar-refractivity contribution is 5.75. The molecule has 0 aromatic carbocycles. The zero-order valence-corrected chi connectivity index (χ0v) is 9.63. The van der Waals surface area contributed by atoms with E-state index in [9.17, 15) is 14.4 Å². The minimum atomic E-state index is -0.948. The number of amides is 1. The number of aromatic nitrogens is 2. The first-order chi connectivity index (χ1) is 8.41. The molecule has 0 aliphatic rings. The molecular weight excluding hydrogens is 242 g/mol. The van der Waals surface area contributed by atoms with Crippen LogP contribution in [0.5, 0.6) is 0 Å². The maximum Gasteiger partial charge on any atom is 0.303 e. The second-order valence-corrected chi connectivity index (χ2v) is 3.32. The Labute approximate surface area is 103 Å². The third kappa shape index (κ3) is 10.1. The summed E-state index contributed by atoms with van der Waals surface area (Å²) in [6, 6.07) is 0. The Balaban J connectivity index is 0.000000321. The third-order valence-electron chi connectivity index (χ3n) is 1.68. The summed E-state index contributed by atoms with van der Waals surface area (Å²) in [5, 5.41) is 16.1. The number of carboxylic acids is 2. The number of imidazole rings is 1. The van der Waals surface area contributed by atoms with Gasteiger partial charge in [0.25, 0.3) is 0 Å². The van der Waals surface area contributed by atoms with Crippen molar-refractivity contribution in [1.29, 1.82) is 0 Å². The van der Waals surface area contributed by atoms with Crippen molar-refractivity contribution in [1.82, 2.24) is 9.97 Å². The van der Waals surface area contributed by atoms with Crippen molar-refractivity contribution in [3.05, 3.63) is 18.2 Å². The summed E-state index contributed by atoms with van der Waals surface area (Å²) in [5.41, 5.74) is 4.88. The van der Waals surface area contributed by atoms with Crippen molar-refractivity contribution in [2.75, 3.05) is 0 Å². The molecule has 5 N–H and O–H groups in total. The van der Waals surface area contributed by atoms with Gasteiger partial charge < -0.3 is 20.9 Å². The number of rotatable bonds is 6. The number of H-pyrrole nitrogens is 1. The van der Waals surface area contributed by atoms with Crippen molar-refractivity contribution in [2.45, 2.75) is 25.7 Å². The minimum Gasteiger partial charge on any atom is -0.481 e. The van der Waals surface area contributed by atoms with Crippen LogP contribution < -0.4 is 5.73 Å². The van der Waals surface area contributed by atoms with E-state index >= 15 is 0 Å². The van der Waals surface area contributed by atoms with Crippen LogP contribution in [0, 0.1) is 0 Å². The predicted molar refractivity (Wildman–Crippen MR) is 60.6 cm³/mol. The zero-order valence-electron chi connectivity index (χ0n) is 9.63. The van der Waals surface area contributed by atoms with Gasteiger partial charge in [-0.2, -0.15) is 0 Å². The topological polar surface area (TPSA) is 146 Å². The Bertz CT molecular complexity index is 374. The van der Waals surface area contributed by atoms with Crippen molar-refractivity contribution >= 4 is 17.8 Å². The lowest BCUT2D eigenvalue weighted by Crippen LogP contribution is -2.14. The maximum absolute atomic E-state index is 10.2. The average Bonchev–Trinajstić information content (AvgIpc) is 2.69. The highest BCUT2D eigenvalue weighted by Crippen LogP contribution is 1.93. The standard InChI is InChI=1S/C5H7N3O.C5H8O4/c6-4(9)3-5-7-1-2-8-5;6-4(7)2-1-3-5(8)9/h1-2H,3H2,(H2,6,9)(H,7,8);1-3H2,(H,6,7)(H,8,9). The van der Waals surface area contributed by atoms with Crippen LogP contribution in [0.25, 0.3) is 0 Å². The Kier molecular flexibility index (Phi) is 7.58. The molecule has 18 heavy (non-hydrogen) atoms. The molecule has 0 aliphatic heterocycles. The van der Waals surface area contributed by atoms with Gasteiger partial charge in [0.15, 0.2) is 0 Å². The van der Waals surface area contributed by atoms with Crippen LogP contribution in [0.4, 0.5) is 0 Å². The van der Waals surface area contributed by atoms with E-state index in [-0.39, 0.29) is 31.6 Å².